The Morgan fingerprint density at radius 2 is 1.82 bits per heavy atom. The van der Waals surface area contributed by atoms with E-state index in [0.717, 1.165) is 24.1 Å². The lowest BCUT2D eigenvalue weighted by atomic mass is 9.92. The molecule has 0 bridgehead atoms. The predicted molar refractivity (Wildman–Crippen MR) is 105 cm³/mol. The van der Waals surface area contributed by atoms with Crippen LogP contribution in [0.5, 0.6) is 5.75 Å². The molecule has 1 aromatic carbocycles. The number of benzene rings is 1. The zero-order valence-electron chi connectivity index (χ0n) is 15.9. The first-order valence-electron chi connectivity index (χ1n) is 9.15. The molecule has 0 aliphatic carbocycles. The minimum absolute atomic E-state index is 0.0300. The summed E-state index contributed by atoms with van der Waals surface area (Å²) in [5.41, 5.74) is 1.56. The Bertz CT molecular complexity index is 918. The highest BCUT2D eigenvalue weighted by molar-refractivity contribution is 7.90. The highest BCUT2D eigenvalue weighted by Crippen LogP contribution is 2.26. The largest absolute Gasteiger partial charge is 0.489 e. The Balaban J connectivity index is 1.61. The number of hydrogen-bond acceptors (Lipinski definition) is 5. The molecule has 150 valence electrons. The van der Waals surface area contributed by atoms with E-state index < -0.39 is 15.9 Å². The molecular weight excluding hydrogens is 380 g/mol. The average Bonchev–Trinajstić information content (AvgIpc) is 2.68. The lowest BCUT2D eigenvalue weighted by Gasteiger charge is -2.33. The second-order valence-electron chi connectivity index (χ2n) is 7.11. The first kappa shape index (κ1) is 20.1. The summed E-state index contributed by atoms with van der Waals surface area (Å²) in [4.78, 5) is 17.1. The smallest absolute Gasteiger partial charge is 0.407 e. The summed E-state index contributed by atoms with van der Waals surface area (Å²) in [6, 6.07) is 10.3. The second-order valence-corrected chi connectivity index (χ2v) is 9.12. The SMILES string of the molecule is C[C@H](Oc1ccc(-c2ccc(S(C)(=O)=O)cc2)nc1)C1CCN(C(=O)O)CC1. The van der Waals surface area contributed by atoms with Crippen molar-refractivity contribution in [2.45, 2.75) is 30.8 Å². The number of carbonyl (C=O) groups is 1. The first-order chi connectivity index (χ1) is 13.2. The van der Waals surface area contributed by atoms with Gasteiger partial charge < -0.3 is 14.7 Å². The molecule has 1 saturated heterocycles. The van der Waals surface area contributed by atoms with Crippen molar-refractivity contribution in [2.24, 2.45) is 5.92 Å². The number of pyridine rings is 1. The van der Waals surface area contributed by atoms with Gasteiger partial charge in [0.25, 0.3) is 0 Å². The number of nitrogens with zero attached hydrogens (tertiary/aromatic N) is 2. The summed E-state index contributed by atoms with van der Waals surface area (Å²) in [7, 11) is -3.22. The van der Waals surface area contributed by atoms with Crippen LogP contribution in [0, 0.1) is 5.92 Å². The number of carboxylic acid groups (broad SMARTS) is 1. The van der Waals surface area contributed by atoms with Gasteiger partial charge in [-0.2, -0.15) is 0 Å². The highest BCUT2D eigenvalue weighted by Gasteiger charge is 2.27. The third kappa shape index (κ3) is 4.81. The van der Waals surface area contributed by atoms with Crippen LogP contribution in [0.25, 0.3) is 11.3 Å². The molecule has 0 saturated carbocycles. The maximum Gasteiger partial charge on any atom is 0.407 e. The van der Waals surface area contributed by atoms with E-state index in [1.165, 1.54) is 11.2 Å². The Hall–Kier alpha value is -2.61. The van der Waals surface area contributed by atoms with Crippen molar-refractivity contribution in [3.8, 4) is 17.0 Å². The normalized spacial score (nSPS) is 16.6. The molecule has 1 fully saturated rings. The van der Waals surface area contributed by atoms with E-state index in [4.69, 9.17) is 9.84 Å². The highest BCUT2D eigenvalue weighted by atomic mass is 32.2. The molecule has 1 aliphatic heterocycles. The lowest BCUT2D eigenvalue weighted by molar-refractivity contribution is 0.0812. The van der Waals surface area contributed by atoms with Gasteiger partial charge in [0.1, 0.15) is 5.75 Å². The summed E-state index contributed by atoms with van der Waals surface area (Å²) in [6.45, 7) is 3.07. The molecule has 1 atom stereocenters. The van der Waals surface area contributed by atoms with Crippen LogP contribution in [0.15, 0.2) is 47.5 Å². The molecular formula is C20H24N2O5S. The molecule has 0 radical (unpaired) electrons. The maximum absolute atomic E-state index is 11.5. The molecule has 0 spiro atoms. The van der Waals surface area contributed by atoms with Crippen LogP contribution in [0.1, 0.15) is 19.8 Å². The molecule has 3 rings (SSSR count). The van der Waals surface area contributed by atoms with Gasteiger partial charge in [-0.25, -0.2) is 13.2 Å². The van der Waals surface area contributed by atoms with Crippen molar-refractivity contribution < 1.29 is 23.1 Å². The zero-order valence-corrected chi connectivity index (χ0v) is 16.7. The molecule has 8 heteroatoms. The molecule has 2 aromatic rings. The Labute approximate surface area is 164 Å². The summed E-state index contributed by atoms with van der Waals surface area (Å²) >= 11 is 0. The van der Waals surface area contributed by atoms with Crippen LogP contribution in [-0.4, -0.2) is 55.0 Å². The molecule has 2 heterocycles. The van der Waals surface area contributed by atoms with Gasteiger partial charge in [0.2, 0.25) is 0 Å². The summed E-state index contributed by atoms with van der Waals surface area (Å²) in [5, 5.41) is 9.03. The number of ether oxygens (including phenoxy) is 1. The molecule has 28 heavy (non-hydrogen) atoms. The minimum atomic E-state index is -3.22. The number of rotatable bonds is 5. The van der Waals surface area contributed by atoms with Crippen molar-refractivity contribution in [3.05, 3.63) is 42.6 Å². The monoisotopic (exact) mass is 404 g/mol. The number of amides is 1. The van der Waals surface area contributed by atoms with E-state index >= 15 is 0 Å². The van der Waals surface area contributed by atoms with E-state index in [1.54, 1.807) is 30.5 Å². The van der Waals surface area contributed by atoms with E-state index in [0.29, 0.717) is 24.8 Å². The molecule has 1 aromatic heterocycles. The van der Waals surface area contributed by atoms with Gasteiger partial charge >= 0.3 is 6.09 Å². The number of hydrogen-bond donors (Lipinski definition) is 1. The lowest BCUT2D eigenvalue weighted by Crippen LogP contribution is -2.41. The topological polar surface area (TPSA) is 96.8 Å². The van der Waals surface area contributed by atoms with E-state index in [2.05, 4.69) is 4.98 Å². The Kier molecular flexibility index (Phi) is 5.88. The summed E-state index contributed by atoms with van der Waals surface area (Å²) in [6.07, 6.45) is 3.51. The number of likely N-dealkylation sites (tertiary alicyclic amines) is 1. The van der Waals surface area contributed by atoms with Crippen LogP contribution in [-0.2, 0) is 9.84 Å². The van der Waals surface area contributed by atoms with Crippen LogP contribution >= 0.6 is 0 Å². The van der Waals surface area contributed by atoms with Crippen molar-refractivity contribution >= 4 is 15.9 Å². The van der Waals surface area contributed by atoms with Crippen molar-refractivity contribution in [1.82, 2.24) is 9.88 Å². The first-order valence-corrected chi connectivity index (χ1v) is 11.0. The van der Waals surface area contributed by atoms with Gasteiger partial charge in [0.05, 0.1) is 22.9 Å². The van der Waals surface area contributed by atoms with Crippen molar-refractivity contribution in [3.63, 3.8) is 0 Å². The minimum Gasteiger partial charge on any atom is -0.489 e. The Morgan fingerprint density at radius 1 is 1.18 bits per heavy atom. The average molecular weight is 404 g/mol. The third-order valence-corrected chi connectivity index (χ3v) is 6.24. The Morgan fingerprint density at radius 3 is 2.32 bits per heavy atom. The van der Waals surface area contributed by atoms with Crippen molar-refractivity contribution in [2.75, 3.05) is 19.3 Å². The second kappa shape index (κ2) is 8.18. The number of aromatic nitrogens is 1. The maximum atomic E-state index is 11.5. The van der Waals surface area contributed by atoms with Crippen LogP contribution < -0.4 is 4.74 Å². The van der Waals surface area contributed by atoms with Gasteiger partial charge in [-0.05, 0) is 49.9 Å². The fraction of sp³-hybridized carbons (Fsp3) is 0.400. The third-order valence-electron chi connectivity index (χ3n) is 5.11. The quantitative estimate of drug-likeness (QED) is 0.821. The van der Waals surface area contributed by atoms with Crippen LogP contribution in [0.2, 0.25) is 0 Å². The zero-order chi connectivity index (χ0) is 20.3. The van der Waals surface area contributed by atoms with Gasteiger partial charge in [0.15, 0.2) is 9.84 Å². The fourth-order valence-electron chi connectivity index (χ4n) is 3.36. The number of sulfone groups is 1. The van der Waals surface area contributed by atoms with E-state index in [-0.39, 0.29) is 11.0 Å². The van der Waals surface area contributed by atoms with E-state index in [9.17, 15) is 13.2 Å². The standard InChI is InChI=1S/C20H24N2O5S/c1-14(15-9-11-22(12-10-15)20(23)24)27-17-5-8-19(21-13-17)16-3-6-18(7-4-16)28(2,25)26/h3-8,13-15H,9-12H2,1-2H3,(H,23,24)/t14-/m0/s1. The molecule has 0 unspecified atom stereocenters. The van der Waals surface area contributed by atoms with Gasteiger partial charge in [-0.1, -0.05) is 12.1 Å². The predicted octanol–water partition coefficient (Wildman–Crippen LogP) is 3.31. The summed E-state index contributed by atoms with van der Waals surface area (Å²) in [5.74, 6) is 0.962. The molecule has 7 nitrogen and oxygen atoms in total. The molecule has 1 N–H and O–H groups in total. The van der Waals surface area contributed by atoms with Crippen LogP contribution in [0.4, 0.5) is 4.79 Å². The van der Waals surface area contributed by atoms with Crippen LogP contribution in [0.3, 0.4) is 0 Å². The van der Waals surface area contributed by atoms with Gasteiger partial charge in [0, 0.05) is 24.9 Å². The summed E-state index contributed by atoms with van der Waals surface area (Å²) < 4.78 is 29.1. The fourth-order valence-corrected chi connectivity index (χ4v) is 4.00. The van der Waals surface area contributed by atoms with Crippen molar-refractivity contribution in [1.29, 1.82) is 0 Å². The van der Waals surface area contributed by atoms with Gasteiger partial charge in [-0.15, -0.1) is 0 Å². The van der Waals surface area contributed by atoms with Gasteiger partial charge in [-0.3, -0.25) is 4.98 Å². The number of piperidine rings is 1. The molecule has 1 aliphatic rings. The van der Waals surface area contributed by atoms with E-state index in [1.807, 2.05) is 19.1 Å². The molecule has 1 amide bonds.